The van der Waals surface area contributed by atoms with Crippen LogP contribution in [0, 0.1) is 6.92 Å². The van der Waals surface area contributed by atoms with E-state index >= 15 is 0 Å². The maximum absolute atomic E-state index is 13.0. The molecule has 2 aromatic carbocycles. The number of carbonyl (C=O) groups excluding carboxylic acids is 3. The molecule has 0 saturated carbocycles. The number of aryl methyl sites for hydroxylation is 1. The summed E-state index contributed by atoms with van der Waals surface area (Å²) in [5.74, 6) is -0.552. The van der Waals surface area contributed by atoms with Crippen LogP contribution in [0.25, 0.3) is 0 Å². The molecular formula is C22H24ClN3O3. The molecule has 3 rings (SSSR count). The van der Waals surface area contributed by atoms with Crippen molar-refractivity contribution < 1.29 is 14.4 Å². The summed E-state index contributed by atoms with van der Waals surface area (Å²) >= 11 is 5.93. The number of carbonyl (C=O) groups is 3. The van der Waals surface area contributed by atoms with Crippen LogP contribution in [0.5, 0.6) is 0 Å². The Hall–Kier alpha value is -2.86. The van der Waals surface area contributed by atoms with Crippen LogP contribution in [0.3, 0.4) is 0 Å². The Bertz CT molecular complexity index is 972. The van der Waals surface area contributed by atoms with Crippen molar-refractivity contribution in [3.8, 4) is 0 Å². The van der Waals surface area contributed by atoms with Crippen LogP contribution in [0.2, 0.25) is 5.02 Å². The van der Waals surface area contributed by atoms with E-state index in [2.05, 4.69) is 24.5 Å². The van der Waals surface area contributed by atoms with Crippen LogP contribution in [-0.4, -0.2) is 29.3 Å². The van der Waals surface area contributed by atoms with Gasteiger partial charge in [0.2, 0.25) is 5.91 Å². The van der Waals surface area contributed by atoms with Crippen LogP contribution >= 0.6 is 11.6 Å². The van der Waals surface area contributed by atoms with Crippen LogP contribution in [0.4, 0.5) is 10.5 Å². The average Bonchev–Trinajstić information content (AvgIpc) is 2.88. The van der Waals surface area contributed by atoms with E-state index in [4.69, 9.17) is 11.6 Å². The predicted octanol–water partition coefficient (Wildman–Crippen LogP) is 4.18. The molecule has 0 bridgehead atoms. The van der Waals surface area contributed by atoms with Gasteiger partial charge in [0.1, 0.15) is 12.1 Å². The quantitative estimate of drug-likeness (QED) is 0.722. The van der Waals surface area contributed by atoms with E-state index in [1.54, 1.807) is 25.1 Å². The number of nitrogens with zero attached hydrogens (tertiary/aromatic N) is 1. The maximum Gasteiger partial charge on any atom is 0.325 e. The third kappa shape index (κ3) is 4.12. The van der Waals surface area contributed by atoms with Crippen LogP contribution in [-0.2, 0) is 15.1 Å². The van der Waals surface area contributed by atoms with Crippen molar-refractivity contribution >= 4 is 35.1 Å². The lowest BCUT2D eigenvalue weighted by Gasteiger charge is -2.23. The van der Waals surface area contributed by atoms with Gasteiger partial charge in [0.25, 0.3) is 5.91 Å². The summed E-state index contributed by atoms with van der Waals surface area (Å²) in [6, 6.07) is 12.1. The molecule has 0 spiro atoms. The number of imide groups is 1. The molecular weight excluding hydrogens is 390 g/mol. The molecule has 0 radical (unpaired) electrons. The Morgan fingerprint density at radius 2 is 1.83 bits per heavy atom. The molecule has 0 aromatic heterocycles. The van der Waals surface area contributed by atoms with Gasteiger partial charge in [-0.1, -0.05) is 49.7 Å². The van der Waals surface area contributed by atoms with Gasteiger partial charge in [-0.15, -0.1) is 0 Å². The molecule has 1 saturated heterocycles. The summed E-state index contributed by atoms with van der Waals surface area (Å²) in [6.07, 6.45) is 0. The number of hydrogen-bond acceptors (Lipinski definition) is 3. The Kier molecular flexibility index (Phi) is 5.66. The molecule has 2 aromatic rings. The lowest BCUT2D eigenvalue weighted by Crippen LogP contribution is -2.42. The number of benzene rings is 2. The molecule has 1 aliphatic rings. The van der Waals surface area contributed by atoms with Gasteiger partial charge in [-0.2, -0.15) is 0 Å². The summed E-state index contributed by atoms with van der Waals surface area (Å²) in [4.78, 5) is 38.8. The molecule has 7 heteroatoms. The van der Waals surface area contributed by atoms with E-state index in [0.29, 0.717) is 22.2 Å². The zero-order chi connectivity index (χ0) is 21.3. The number of urea groups is 1. The molecule has 1 aliphatic heterocycles. The Labute approximate surface area is 175 Å². The first-order valence-corrected chi connectivity index (χ1v) is 9.80. The van der Waals surface area contributed by atoms with E-state index in [0.717, 1.165) is 16.0 Å². The van der Waals surface area contributed by atoms with Gasteiger partial charge in [0.15, 0.2) is 0 Å². The largest absolute Gasteiger partial charge is 0.325 e. The highest BCUT2D eigenvalue weighted by Gasteiger charge is 2.49. The van der Waals surface area contributed by atoms with Crippen LogP contribution in [0.15, 0.2) is 42.5 Å². The van der Waals surface area contributed by atoms with E-state index in [-0.39, 0.29) is 6.54 Å². The van der Waals surface area contributed by atoms with E-state index < -0.39 is 23.4 Å². The molecule has 1 atom stereocenters. The van der Waals surface area contributed by atoms with Gasteiger partial charge in [-0.05, 0) is 54.7 Å². The smallest absolute Gasteiger partial charge is 0.324 e. The minimum Gasteiger partial charge on any atom is -0.324 e. The minimum atomic E-state index is -1.21. The summed E-state index contributed by atoms with van der Waals surface area (Å²) in [7, 11) is 0. The second-order valence-corrected chi connectivity index (χ2v) is 8.17. The van der Waals surface area contributed by atoms with Crippen molar-refractivity contribution in [3.63, 3.8) is 0 Å². The van der Waals surface area contributed by atoms with Gasteiger partial charge >= 0.3 is 6.03 Å². The minimum absolute atomic E-state index is 0.363. The summed E-state index contributed by atoms with van der Waals surface area (Å²) in [5, 5.41) is 6.01. The number of amides is 4. The first kappa shape index (κ1) is 20.9. The fourth-order valence-electron chi connectivity index (χ4n) is 3.34. The van der Waals surface area contributed by atoms with Crippen molar-refractivity contribution in [2.24, 2.45) is 0 Å². The highest BCUT2D eigenvalue weighted by Crippen LogP contribution is 2.30. The first-order valence-electron chi connectivity index (χ1n) is 9.42. The van der Waals surface area contributed by atoms with E-state index in [1.807, 2.05) is 31.2 Å². The Balaban J connectivity index is 1.75. The predicted molar refractivity (Wildman–Crippen MR) is 113 cm³/mol. The Morgan fingerprint density at radius 1 is 1.17 bits per heavy atom. The SMILES string of the molecule is Cc1cc(Cl)ccc1NC(=O)CN1C(=O)N[C@@](C)(c2ccc(C(C)C)cc2)C1=O. The molecule has 0 aliphatic carbocycles. The first-order chi connectivity index (χ1) is 13.6. The van der Waals surface area contributed by atoms with Gasteiger partial charge in [-0.3, -0.25) is 14.5 Å². The van der Waals surface area contributed by atoms with Crippen LogP contribution < -0.4 is 10.6 Å². The van der Waals surface area contributed by atoms with Crippen LogP contribution in [0.1, 0.15) is 43.4 Å². The summed E-state index contributed by atoms with van der Waals surface area (Å²) in [5.41, 5.74) is 1.99. The molecule has 1 heterocycles. The molecule has 29 heavy (non-hydrogen) atoms. The van der Waals surface area contributed by atoms with Gasteiger partial charge in [0.05, 0.1) is 0 Å². The highest BCUT2D eigenvalue weighted by molar-refractivity contribution is 6.30. The van der Waals surface area contributed by atoms with E-state index in [1.165, 1.54) is 0 Å². The molecule has 6 nitrogen and oxygen atoms in total. The molecule has 4 amide bonds. The fourth-order valence-corrected chi connectivity index (χ4v) is 3.56. The third-order valence-corrected chi connectivity index (χ3v) is 5.43. The second-order valence-electron chi connectivity index (χ2n) is 7.73. The maximum atomic E-state index is 13.0. The standard InChI is InChI=1S/C22H24ClN3O3/c1-13(2)15-5-7-16(8-6-15)22(4)20(28)26(21(29)25-22)12-19(27)24-18-10-9-17(23)11-14(18)3/h5-11,13H,12H2,1-4H3,(H,24,27)(H,25,29)/t22-/m0/s1. The van der Waals surface area contributed by atoms with Crippen molar-refractivity contribution in [1.82, 2.24) is 10.2 Å². The second kappa shape index (κ2) is 7.87. The fraction of sp³-hybridized carbons (Fsp3) is 0.318. The van der Waals surface area contributed by atoms with Gasteiger partial charge in [0, 0.05) is 10.7 Å². The third-order valence-electron chi connectivity index (χ3n) is 5.19. The number of nitrogens with one attached hydrogen (secondary N) is 2. The van der Waals surface area contributed by atoms with Gasteiger partial charge < -0.3 is 10.6 Å². The summed E-state index contributed by atoms with van der Waals surface area (Å²) in [6.45, 7) is 7.27. The normalized spacial score (nSPS) is 18.9. The van der Waals surface area contributed by atoms with E-state index in [9.17, 15) is 14.4 Å². The lowest BCUT2D eigenvalue weighted by atomic mass is 9.90. The number of anilines is 1. The molecule has 0 unspecified atom stereocenters. The molecule has 1 fully saturated rings. The van der Waals surface area contributed by atoms with Crippen molar-refractivity contribution in [2.75, 3.05) is 11.9 Å². The van der Waals surface area contributed by atoms with Crippen molar-refractivity contribution in [1.29, 1.82) is 0 Å². The number of hydrogen-bond donors (Lipinski definition) is 2. The molecule has 152 valence electrons. The van der Waals surface area contributed by atoms with Crippen molar-refractivity contribution in [2.45, 2.75) is 39.2 Å². The van der Waals surface area contributed by atoms with Crippen molar-refractivity contribution in [3.05, 3.63) is 64.2 Å². The number of halogens is 1. The number of rotatable bonds is 5. The molecule has 2 N–H and O–H groups in total. The average molecular weight is 414 g/mol. The Morgan fingerprint density at radius 3 is 2.41 bits per heavy atom. The monoisotopic (exact) mass is 413 g/mol. The zero-order valence-corrected chi connectivity index (χ0v) is 17.6. The lowest BCUT2D eigenvalue weighted by molar-refractivity contribution is -0.133. The highest BCUT2D eigenvalue weighted by atomic mass is 35.5. The zero-order valence-electron chi connectivity index (χ0n) is 16.9. The topological polar surface area (TPSA) is 78.5 Å². The van der Waals surface area contributed by atoms with Gasteiger partial charge in [-0.25, -0.2) is 4.79 Å². The summed E-state index contributed by atoms with van der Waals surface area (Å²) < 4.78 is 0.